The minimum absolute atomic E-state index is 0.202. The van der Waals surface area contributed by atoms with Gasteiger partial charge in [0, 0.05) is 12.3 Å². The lowest BCUT2D eigenvalue weighted by Crippen LogP contribution is -1.98. The van der Waals surface area contributed by atoms with E-state index >= 15 is 0 Å². The molecule has 1 atom stereocenters. The second kappa shape index (κ2) is 3.43. The number of aromatic nitrogens is 2. The fourth-order valence-corrected chi connectivity index (χ4v) is 1.18. The Morgan fingerprint density at radius 2 is 2.00 bits per heavy atom. The first-order chi connectivity index (χ1) is 6.36. The molecule has 2 aromatic rings. The Hall–Kier alpha value is -1.58. The summed E-state index contributed by atoms with van der Waals surface area (Å²) < 4.78 is 10.3. The van der Waals surface area contributed by atoms with Crippen molar-refractivity contribution in [2.45, 2.75) is 19.3 Å². The van der Waals surface area contributed by atoms with Gasteiger partial charge in [0.25, 0.3) is 0 Å². The maximum absolute atomic E-state index is 5.16. The first-order valence-corrected chi connectivity index (χ1v) is 4.14. The topological polar surface area (TPSA) is 52.1 Å². The molecule has 2 rings (SSSR count). The monoisotopic (exact) mass is 178 g/mol. The smallest absolute Gasteiger partial charge is 0.197 e. The van der Waals surface area contributed by atoms with E-state index in [1.165, 1.54) is 0 Å². The summed E-state index contributed by atoms with van der Waals surface area (Å²) in [5.41, 5.74) is 0. The SMILES string of the molecule is CC(Cc1ncco1)c1ncco1. The Kier molecular flexibility index (Phi) is 2.12. The molecule has 0 amide bonds. The van der Waals surface area contributed by atoms with Gasteiger partial charge in [-0.2, -0.15) is 0 Å². The number of nitrogens with zero attached hydrogens (tertiary/aromatic N) is 2. The average molecular weight is 178 g/mol. The summed E-state index contributed by atoms with van der Waals surface area (Å²) in [7, 11) is 0. The largest absolute Gasteiger partial charge is 0.449 e. The van der Waals surface area contributed by atoms with Crippen LogP contribution in [0.2, 0.25) is 0 Å². The van der Waals surface area contributed by atoms with E-state index in [0.29, 0.717) is 12.3 Å². The van der Waals surface area contributed by atoms with E-state index in [-0.39, 0.29) is 5.92 Å². The van der Waals surface area contributed by atoms with Gasteiger partial charge in [0.2, 0.25) is 0 Å². The molecule has 0 fully saturated rings. The third kappa shape index (κ3) is 1.77. The van der Waals surface area contributed by atoms with Gasteiger partial charge in [0.1, 0.15) is 12.5 Å². The highest BCUT2D eigenvalue weighted by Gasteiger charge is 2.12. The van der Waals surface area contributed by atoms with Crippen LogP contribution < -0.4 is 0 Å². The molecule has 0 saturated carbocycles. The average Bonchev–Trinajstić information content (AvgIpc) is 2.74. The second-order valence-corrected chi connectivity index (χ2v) is 2.90. The van der Waals surface area contributed by atoms with E-state index in [9.17, 15) is 0 Å². The maximum atomic E-state index is 5.16. The molecule has 2 aromatic heterocycles. The molecule has 0 aliphatic carbocycles. The summed E-state index contributed by atoms with van der Waals surface area (Å²) in [5, 5.41) is 0. The summed E-state index contributed by atoms with van der Waals surface area (Å²) >= 11 is 0. The molecule has 4 nitrogen and oxygen atoms in total. The molecule has 0 aliphatic heterocycles. The molecule has 0 saturated heterocycles. The molecule has 68 valence electrons. The van der Waals surface area contributed by atoms with Crippen LogP contribution in [0.25, 0.3) is 0 Å². The Morgan fingerprint density at radius 3 is 2.62 bits per heavy atom. The first-order valence-electron chi connectivity index (χ1n) is 4.14. The Bertz CT molecular complexity index is 340. The Labute approximate surface area is 75.6 Å². The zero-order valence-corrected chi connectivity index (χ0v) is 7.30. The van der Waals surface area contributed by atoms with Gasteiger partial charge < -0.3 is 8.83 Å². The zero-order valence-electron chi connectivity index (χ0n) is 7.30. The maximum Gasteiger partial charge on any atom is 0.197 e. The van der Waals surface area contributed by atoms with Crippen molar-refractivity contribution in [3.05, 3.63) is 36.7 Å². The molecule has 0 radical (unpaired) electrons. The minimum Gasteiger partial charge on any atom is -0.449 e. The van der Waals surface area contributed by atoms with Crippen molar-refractivity contribution in [1.82, 2.24) is 9.97 Å². The van der Waals surface area contributed by atoms with E-state index in [0.717, 1.165) is 5.89 Å². The van der Waals surface area contributed by atoms with Crippen LogP contribution in [0.5, 0.6) is 0 Å². The van der Waals surface area contributed by atoms with Gasteiger partial charge in [-0.1, -0.05) is 6.92 Å². The lowest BCUT2D eigenvalue weighted by Gasteiger charge is -2.02. The summed E-state index contributed by atoms with van der Waals surface area (Å²) in [4.78, 5) is 8.09. The fourth-order valence-electron chi connectivity index (χ4n) is 1.18. The van der Waals surface area contributed by atoms with Crippen LogP contribution >= 0.6 is 0 Å². The van der Waals surface area contributed by atoms with Crippen LogP contribution in [0, 0.1) is 0 Å². The summed E-state index contributed by atoms with van der Waals surface area (Å²) in [6, 6.07) is 0. The standard InChI is InChI=1S/C9H10N2O2/c1-7(9-11-3-5-13-9)6-8-10-2-4-12-8/h2-5,7H,6H2,1H3. The summed E-state index contributed by atoms with van der Waals surface area (Å²) in [5.74, 6) is 1.64. The minimum atomic E-state index is 0.202. The quantitative estimate of drug-likeness (QED) is 0.721. The molecular weight excluding hydrogens is 168 g/mol. The summed E-state index contributed by atoms with van der Waals surface area (Å²) in [6.45, 7) is 2.02. The number of oxazole rings is 2. The van der Waals surface area contributed by atoms with E-state index in [4.69, 9.17) is 8.83 Å². The molecule has 0 spiro atoms. The molecule has 0 N–H and O–H groups in total. The molecule has 0 bridgehead atoms. The van der Waals surface area contributed by atoms with Crippen molar-refractivity contribution in [2.75, 3.05) is 0 Å². The zero-order chi connectivity index (χ0) is 9.10. The van der Waals surface area contributed by atoms with Crippen molar-refractivity contribution >= 4 is 0 Å². The van der Waals surface area contributed by atoms with Crippen LogP contribution in [0.1, 0.15) is 24.6 Å². The third-order valence-corrected chi connectivity index (χ3v) is 1.84. The van der Waals surface area contributed by atoms with E-state index in [1.54, 1.807) is 24.9 Å². The van der Waals surface area contributed by atoms with Crippen molar-refractivity contribution in [2.24, 2.45) is 0 Å². The highest BCUT2D eigenvalue weighted by molar-refractivity contribution is 4.95. The van der Waals surface area contributed by atoms with Gasteiger partial charge in [0.15, 0.2) is 11.8 Å². The van der Waals surface area contributed by atoms with Crippen LogP contribution in [0.3, 0.4) is 0 Å². The van der Waals surface area contributed by atoms with Gasteiger partial charge in [-0.25, -0.2) is 9.97 Å². The highest BCUT2D eigenvalue weighted by atomic mass is 16.3. The molecule has 4 heteroatoms. The first kappa shape index (κ1) is 8.04. The predicted molar refractivity (Wildman–Crippen MR) is 45.1 cm³/mol. The molecule has 2 heterocycles. The lowest BCUT2D eigenvalue weighted by molar-refractivity contribution is 0.421. The van der Waals surface area contributed by atoms with Gasteiger partial charge in [-0.3, -0.25) is 0 Å². The van der Waals surface area contributed by atoms with Crippen LogP contribution in [-0.2, 0) is 6.42 Å². The lowest BCUT2D eigenvalue weighted by atomic mass is 10.1. The molecular formula is C9H10N2O2. The number of hydrogen-bond donors (Lipinski definition) is 0. The Morgan fingerprint density at radius 1 is 1.23 bits per heavy atom. The van der Waals surface area contributed by atoms with Gasteiger partial charge in [-0.05, 0) is 0 Å². The van der Waals surface area contributed by atoms with Crippen LogP contribution in [0.4, 0.5) is 0 Å². The summed E-state index contributed by atoms with van der Waals surface area (Å²) in [6.07, 6.45) is 7.13. The highest BCUT2D eigenvalue weighted by Crippen LogP contribution is 2.17. The number of rotatable bonds is 3. The van der Waals surface area contributed by atoms with Crippen molar-refractivity contribution < 1.29 is 8.83 Å². The van der Waals surface area contributed by atoms with Crippen molar-refractivity contribution in [1.29, 1.82) is 0 Å². The van der Waals surface area contributed by atoms with E-state index < -0.39 is 0 Å². The molecule has 1 unspecified atom stereocenters. The predicted octanol–water partition coefficient (Wildman–Crippen LogP) is 2.01. The van der Waals surface area contributed by atoms with E-state index in [1.807, 2.05) is 6.92 Å². The fraction of sp³-hybridized carbons (Fsp3) is 0.333. The number of hydrogen-bond acceptors (Lipinski definition) is 4. The molecule has 0 aromatic carbocycles. The third-order valence-electron chi connectivity index (χ3n) is 1.84. The molecule has 13 heavy (non-hydrogen) atoms. The second-order valence-electron chi connectivity index (χ2n) is 2.90. The van der Waals surface area contributed by atoms with Crippen molar-refractivity contribution in [3.8, 4) is 0 Å². The van der Waals surface area contributed by atoms with Gasteiger partial charge >= 0.3 is 0 Å². The Balaban J connectivity index is 2.04. The van der Waals surface area contributed by atoms with Crippen LogP contribution in [0.15, 0.2) is 33.8 Å². The van der Waals surface area contributed by atoms with Gasteiger partial charge in [-0.15, -0.1) is 0 Å². The molecule has 0 aliphatic rings. The van der Waals surface area contributed by atoms with Gasteiger partial charge in [0.05, 0.1) is 12.4 Å². The van der Waals surface area contributed by atoms with E-state index in [2.05, 4.69) is 9.97 Å². The van der Waals surface area contributed by atoms with Crippen LogP contribution in [-0.4, -0.2) is 9.97 Å². The van der Waals surface area contributed by atoms with Crippen molar-refractivity contribution in [3.63, 3.8) is 0 Å². The normalized spacial score (nSPS) is 13.0.